The molecule has 0 unspecified atom stereocenters. The number of carboxylic acids is 1. The lowest BCUT2D eigenvalue weighted by Gasteiger charge is -2.22. The molecular formula is C11H15NO5S. The molecule has 18 heavy (non-hydrogen) atoms. The van der Waals surface area contributed by atoms with Crippen LogP contribution < -0.4 is 9.04 Å². The second kappa shape index (κ2) is 5.26. The van der Waals surface area contributed by atoms with Crippen molar-refractivity contribution >= 4 is 21.7 Å². The van der Waals surface area contributed by atoms with E-state index in [2.05, 4.69) is 0 Å². The van der Waals surface area contributed by atoms with Gasteiger partial charge in [-0.25, -0.2) is 8.42 Å². The number of sulfonamides is 1. The first-order valence-corrected chi connectivity index (χ1v) is 6.94. The Morgan fingerprint density at radius 1 is 1.44 bits per heavy atom. The zero-order valence-electron chi connectivity index (χ0n) is 10.4. The second-order valence-corrected chi connectivity index (χ2v) is 5.75. The molecule has 0 heterocycles. The third-order valence-electron chi connectivity index (χ3n) is 2.28. The maximum Gasteiger partial charge on any atom is 0.324 e. The Labute approximate surface area is 106 Å². The Morgan fingerprint density at radius 3 is 2.50 bits per heavy atom. The van der Waals surface area contributed by atoms with Crippen LogP contribution in [0.1, 0.15) is 5.56 Å². The van der Waals surface area contributed by atoms with Crippen molar-refractivity contribution in [2.75, 3.05) is 24.2 Å². The number of carboxylic acid groups (broad SMARTS) is 1. The molecule has 0 saturated heterocycles. The van der Waals surface area contributed by atoms with Crippen LogP contribution in [0.4, 0.5) is 5.69 Å². The molecule has 0 aromatic heterocycles. The van der Waals surface area contributed by atoms with Crippen molar-refractivity contribution in [1.82, 2.24) is 0 Å². The Balaban J connectivity index is 3.37. The standard InChI is InChI=1S/C11H15NO5S/c1-8-4-5-10(17-2)9(6-8)12(7-11(13)14)18(3,15)16/h4-6H,7H2,1-3H3,(H,13,14). The fourth-order valence-electron chi connectivity index (χ4n) is 1.50. The monoisotopic (exact) mass is 273 g/mol. The average molecular weight is 273 g/mol. The van der Waals surface area contributed by atoms with Crippen LogP contribution in [0.25, 0.3) is 0 Å². The summed E-state index contributed by atoms with van der Waals surface area (Å²) in [6.07, 6.45) is 0.956. The Bertz CT molecular complexity index is 553. The highest BCUT2D eigenvalue weighted by Crippen LogP contribution is 2.30. The smallest absolute Gasteiger partial charge is 0.324 e. The highest BCUT2D eigenvalue weighted by molar-refractivity contribution is 7.92. The number of hydrogen-bond acceptors (Lipinski definition) is 4. The van der Waals surface area contributed by atoms with Crippen molar-refractivity contribution < 1.29 is 23.1 Å². The topological polar surface area (TPSA) is 83.9 Å². The third kappa shape index (κ3) is 3.36. The summed E-state index contributed by atoms with van der Waals surface area (Å²) in [5, 5.41) is 8.79. The van der Waals surface area contributed by atoms with Crippen molar-refractivity contribution in [3.63, 3.8) is 0 Å². The molecule has 0 fully saturated rings. The summed E-state index contributed by atoms with van der Waals surface area (Å²) in [5.41, 5.74) is 1.03. The predicted octanol–water partition coefficient (Wildman–Crippen LogP) is 0.854. The minimum atomic E-state index is -3.69. The number of benzene rings is 1. The van der Waals surface area contributed by atoms with Gasteiger partial charge in [-0.1, -0.05) is 6.07 Å². The van der Waals surface area contributed by atoms with Gasteiger partial charge in [-0.2, -0.15) is 0 Å². The fourth-order valence-corrected chi connectivity index (χ4v) is 2.34. The van der Waals surface area contributed by atoms with E-state index < -0.39 is 22.5 Å². The van der Waals surface area contributed by atoms with Crippen LogP contribution in [0, 0.1) is 6.92 Å². The van der Waals surface area contributed by atoms with E-state index in [1.807, 2.05) is 0 Å². The molecule has 100 valence electrons. The van der Waals surface area contributed by atoms with Crippen molar-refractivity contribution in [2.24, 2.45) is 0 Å². The molecule has 1 rings (SSSR count). The highest BCUT2D eigenvalue weighted by atomic mass is 32.2. The molecule has 1 aromatic rings. The van der Waals surface area contributed by atoms with Gasteiger partial charge in [0.1, 0.15) is 12.3 Å². The van der Waals surface area contributed by atoms with Gasteiger partial charge < -0.3 is 9.84 Å². The number of aliphatic carboxylic acids is 1. The minimum absolute atomic E-state index is 0.224. The van der Waals surface area contributed by atoms with Crippen LogP contribution in [0.15, 0.2) is 18.2 Å². The highest BCUT2D eigenvalue weighted by Gasteiger charge is 2.23. The van der Waals surface area contributed by atoms with Crippen LogP contribution in [0.2, 0.25) is 0 Å². The summed E-state index contributed by atoms with van der Waals surface area (Å²) in [5.74, 6) is -0.920. The number of carbonyl (C=O) groups is 1. The normalized spacial score (nSPS) is 11.1. The van der Waals surface area contributed by atoms with E-state index in [1.54, 1.807) is 25.1 Å². The number of ether oxygens (including phenoxy) is 1. The summed E-state index contributed by atoms with van der Waals surface area (Å²) >= 11 is 0. The molecule has 0 radical (unpaired) electrons. The first kappa shape index (κ1) is 14.3. The molecule has 0 aliphatic rings. The summed E-state index contributed by atoms with van der Waals surface area (Å²) in [6.45, 7) is 1.14. The van der Waals surface area contributed by atoms with Gasteiger partial charge in [0.25, 0.3) is 0 Å². The largest absolute Gasteiger partial charge is 0.495 e. The Kier molecular flexibility index (Phi) is 4.18. The molecular weight excluding hydrogens is 258 g/mol. The van der Waals surface area contributed by atoms with Gasteiger partial charge in [-0.05, 0) is 24.6 Å². The maximum atomic E-state index is 11.7. The molecule has 0 atom stereocenters. The Hall–Kier alpha value is -1.76. The molecule has 0 aliphatic carbocycles. The number of methoxy groups -OCH3 is 1. The number of rotatable bonds is 5. The second-order valence-electron chi connectivity index (χ2n) is 3.84. The first-order valence-electron chi connectivity index (χ1n) is 5.10. The van der Waals surface area contributed by atoms with Crippen LogP contribution in [-0.4, -0.2) is 39.4 Å². The van der Waals surface area contributed by atoms with Crippen molar-refractivity contribution in [1.29, 1.82) is 0 Å². The van der Waals surface area contributed by atoms with E-state index >= 15 is 0 Å². The number of nitrogens with zero attached hydrogens (tertiary/aromatic N) is 1. The molecule has 1 N–H and O–H groups in total. The van der Waals surface area contributed by atoms with E-state index in [1.165, 1.54) is 7.11 Å². The van der Waals surface area contributed by atoms with E-state index in [9.17, 15) is 13.2 Å². The van der Waals surface area contributed by atoms with E-state index in [-0.39, 0.29) is 5.69 Å². The molecule has 7 heteroatoms. The number of anilines is 1. The maximum absolute atomic E-state index is 11.7. The van der Waals surface area contributed by atoms with Crippen molar-refractivity contribution in [2.45, 2.75) is 6.92 Å². The summed E-state index contributed by atoms with van der Waals surface area (Å²) in [7, 11) is -2.29. The van der Waals surface area contributed by atoms with Gasteiger partial charge in [0.05, 0.1) is 19.1 Å². The predicted molar refractivity (Wildman–Crippen MR) is 67.6 cm³/mol. The summed E-state index contributed by atoms with van der Waals surface area (Å²) in [4.78, 5) is 10.8. The summed E-state index contributed by atoms with van der Waals surface area (Å²) in [6, 6.07) is 4.93. The molecule has 0 amide bonds. The van der Waals surface area contributed by atoms with E-state index in [0.29, 0.717) is 5.75 Å². The van der Waals surface area contributed by atoms with Crippen LogP contribution in [0.3, 0.4) is 0 Å². The zero-order chi connectivity index (χ0) is 13.9. The lowest BCUT2D eigenvalue weighted by molar-refractivity contribution is -0.135. The molecule has 1 aromatic carbocycles. The fraction of sp³-hybridized carbons (Fsp3) is 0.364. The molecule has 0 spiro atoms. The zero-order valence-corrected chi connectivity index (χ0v) is 11.2. The Morgan fingerprint density at radius 2 is 2.06 bits per heavy atom. The van der Waals surface area contributed by atoms with Crippen LogP contribution >= 0.6 is 0 Å². The molecule has 6 nitrogen and oxygen atoms in total. The van der Waals surface area contributed by atoms with Gasteiger partial charge in [0.15, 0.2) is 0 Å². The van der Waals surface area contributed by atoms with Gasteiger partial charge in [0.2, 0.25) is 10.0 Å². The minimum Gasteiger partial charge on any atom is -0.495 e. The third-order valence-corrected chi connectivity index (χ3v) is 3.41. The first-order chi connectivity index (χ1) is 8.25. The lowest BCUT2D eigenvalue weighted by Crippen LogP contribution is -2.35. The van der Waals surface area contributed by atoms with Gasteiger partial charge in [0, 0.05) is 0 Å². The molecule has 0 saturated carbocycles. The van der Waals surface area contributed by atoms with Gasteiger partial charge in [-0.3, -0.25) is 9.10 Å². The van der Waals surface area contributed by atoms with Gasteiger partial charge in [-0.15, -0.1) is 0 Å². The van der Waals surface area contributed by atoms with Crippen molar-refractivity contribution in [3.8, 4) is 5.75 Å². The SMILES string of the molecule is COc1ccc(C)cc1N(CC(=O)O)S(C)(=O)=O. The number of aryl methyl sites for hydroxylation is 1. The van der Waals surface area contributed by atoms with Gasteiger partial charge >= 0.3 is 5.97 Å². The van der Waals surface area contributed by atoms with E-state index in [4.69, 9.17) is 9.84 Å². The van der Waals surface area contributed by atoms with Crippen LogP contribution in [0.5, 0.6) is 5.75 Å². The molecule has 0 bridgehead atoms. The average Bonchev–Trinajstić information content (AvgIpc) is 2.24. The molecule has 0 aliphatic heterocycles. The summed E-state index contributed by atoms with van der Waals surface area (Å²) < 4.78 is 29.2. The lowest BCUT2D eigenvalue weighted by atomic mass is 10.2. The number of hydrogen-bond donors (Lipinski definition) is 1. The quantitative estimate of drug-likeness (QED) is 0.860. The van der Waals surface area contributed by atoms with Crippen LogP contribution in [-0.2, 0) is 14.8 Å². The van der Waals surface area contributed by atoms with Crippen molar-refractivity contribution in [3.05, 3.63) is 23.8 Å². The van der Waals surface area contributed by atoms with E-state index in [0.717, 1.165) is 16.1 Å².